The highest BCUT2D eigenvalue weighted by molar-refractivity contribution is 5.93. The maximum Gasteiger partial charge on any atom is 0.342 e. The molecule has 2 atom stereocenters. The van der Waals surface area contributed by atoms with Crippen LogP contribution in [0.3, 0.4) is 0 Å². The zero-order chi connectivity index (χ0) is 14.3. The molecule has 0 radical (unpaired) electrons. The van der Waals surface area contributed by atoms with E-state index in [4.69, 9.17) is 5.11 Å². The van der Waals surface area contributed by atoms with Crippen LogP contribution in [-0.2, 0) is 0 Å². The van der Waals surface area contributed by atoms with Crippen LogP contribution >= 0.6 is 0 Å². The van der Waals surface area contributed by atoms with E-state index >= 15 is 0 Å². The summed E-state index contributed by atoms with van der Waals surface area (Å²) in [7, 11) is 0. The van der Waals surface area contributed by atoms with E-state index in [9.17, 15) is 14.9 Å². The van der Waals surface area contributed by atoms with Gasteiger partial charge in [-0.25, -0.2) is 9.78 Å². The van der Waals surface area contributed by atoms with Crippen LogP contribution in [0.4, 0.5) is 11.5 Å². The van der Waals surface area contributed by atoms with Gasteiger partial charge in [-0.1, -0.05) is 6.42 Å². The predicted octanol–water partition coefficient (Wildman–Crippen LogP) is 1.92. The molecule has 2 fully saturated rings. The van der Waals surface area contributed by atoms with Gasteiger partial charge in [0.2, 0.25) is 0 Å². The lowest BCUT2D eigenvalue weighted by Gasteiger charge is -2.18. The molecule has 0 aromatic carbocycles. The van der Waals surface area contributed by atoms with Crippen LogP contribution in [0.5, 0.6) is 0 Å². The number of pyridine rings is 1. The van der Waals surface area contributed by atoms with Crippen LogP contribution in [0.25, 0.3) is 0 Å². The number of aromatic nitrogens is 1. The van der Waals surface area contributed by atoms with E-state index in [0.29, 0.717) is 17.7 Å². The number of fused-ring (bicyclic) bond motifs is 1. The van der Waals surface area contributed by atoms with E-state index < -0.39 is 16.6 Å². The summed E-state index contributed by atoms with van der Waals surface area (Å²) in [4.78, 5) is 27.4. The number of anilines is 1. The standard InChI is InChI=1S/C13H15N3O4/c17-13(18)10-4-12(14-5-11(10)16(19)20)15-6-8-2-1-3-9(8)7-15/h4-5,8-9H,1-3,6-7H2,(H,17,18). The first-order valence-electron chi connectivity index (χ1n) is 6.69. The number of rotatable bonds is 3. The third-order valence-electron chi connectivity index (χ3n) is 4.35. The third kappa shape index (κ3) is 2.09. The minimum Gasteiger partial charge on any atom is -0.477 e. The molecule has 0 spiro atoms. The van der Waals surface area contributed by atoms with Crippen molar-refractivity contribution in [1.82, 2.24) is 4.98 Å². The lowest BCUT2D eigenvalue weighted by molar-refractivity contribution is -0.385. The molecule has 0 bridgehead atoms. The van der Waals surface area contributed by atoms with Gasteiger partial charge in [0.25, 0.3) is 0 Å². The molecule has 7 nitrogen and oxygen atoms in total. The molecule has 1 aliphatic heterocycles. The van der Waals surface area contributed by atoms with Crippen molar-refractivity contribution < 1.29 is 14.8 Å². The number of carboxylic acids is 1. The molecule has 7 heteroatoms. The fraction of sp³-hybridized carbons (Fsp3) is 0.538. The van der Waals surface area contributed by atoms with Crippen molar-refractivity contribution in [3.63, 3.8) is 0 Å². The van der Waals surface area contributed by atoms with E-state index in [1.165, 1.54) is 25.3 Å². The molecule has 3 rings (SSSR count). The van der Waals surface area contributed by atoms with Gasteiger partial charge in [0, 0.05) is 19.2 Å². The van der Waals surface area contributed by atoms with Crippen molar-refractivity contribution in [2.75, 3.05) is 18.0 Å². The Bertz CT molecular complexity index is 563. The van der Waals surface area contributed by atoms with Gasteiger partial charge in [-0.2, -0.15) is 0 Å². The smallest absolute Gasteiger partial charge is 0.342 e. The lowest BCUT2D eigenvalue weighted by Crippen LogP contribution is -2.22. The maximum absolute atomic E-state index is 11.1. The monoisotopic (exact) mass is 277 g/mol. The number of hydrogen-bond acceptors (Lipinski definition) is 5. The van der Waals surface area contributed by atoms with Crippen molar-refractivity contribution in [3.05, 3.63) is 27.9 Å². The minimum absolute atomic E-state index is 0.294. The van der Waals surface area contributed by atoms with Crippen molar-refractivity contribution in [2.45, 2.75) is 19.3 Å². The second kappa shape index (κ2) is 4.73. The second-order valence-electron chi connectivity index (χ2n) is 5.48. The summed E-state index contributed by atoms with van der Waals surface area (Å²) in [6.07, 6.45) is 4.73. The molecule has 1 saturated carbocycles. The summed E-state index contributed by atoms with van der Waals surface area (Å²) >= 11 is 0. The van der Waals surface area contributed by atoms with Crippen LogP contribution in [0.2, 0.25) is 0 Å². The Morgan fingerprint density at radius 3 is 2.60 bits per heavy atom. The first kappa shape index (κ1) is 12.8. The van der Waals surface area contributed by atoms with Gasteiger partial charge in [-0.3, -0.25) is 10.1 Å². The molecular weight excluding hydrogens is 262 g/mol. The third-order valence-corrected chi connectivity index (χ3v) is 4.35. The fourth-order valence-corrected chi connectivity index (χ4v) is 3.35. The van der Waals surface area contributed by atoms with Gasteiger partial charge in [0.15, 0.2) is 0 Å². The van der Waals surface area contributed by atoms with Crippen LogP contribution in [0.15, 0.2) is 12.3 Å². The highest BCUT2D eigenvalue weighted by Crippen LogP contribution is 2.39. The van der Waals surface area contributed by atoms with E-state index in [1.807, 2.05) is 4.90 Å². The quantitative estimate of drug-likeness (QED) is 0.669. The Balaban J connectivity index is 1.89. The molecule has 106 valence electrons. The summed E-state index contributed by atoms with van der Waals surface area (Å²) in [5, 5.41) is 19.9. The Kier molecular flexibility index (Phi) is 3.04. The van der Waals surface area contributed by atoms with Gasteiger partial charge in [-0.15, -0.1) is 0 Å². The molecule has 2 heterocycles. The molecule has 1 aromatic heterocycles. The Morgan fingerprint density at radius 2 is 2.05 bits per heavy atom. The highest BCUT2D eigenvalue weighted by atomic mass is 16.6. The minimum atomic E-state index is -1.29. The lowest BCUT2D eigenvalue weighted by atomic mass is 10.0. The zero-order valence-electron chi connectivity index (χ0n) is 10.9. The second-order valence-corrected chi connectivity index (χ2v) is 5.48. The summed E-state index contributed by atoms with van der Waals surface area (Å²) in [6.45, 7) is 1.74. The van der Waals surface area contributed by atoms with E-state index in [2.05, 4.69) is 4.98 Å². The summed E-state index contributed by atoms with van der Waals surface area (Å²) in [6, 6.07) is 1.32. The Labute approximate surface area is 115 Å². The highest BCUT2D eigenvalue weighted by Gasteiger charge is 2.37. The predicted molar refractivity (Wildman–Crippen MR) is 70.9 cm³/mol. The van der Waals surface area contributed by atoms with Gasteiger partial charge in [0.1, 0.15) is 17.6 Å². The molecule has 0 amide bonds. The molecule has 1 aromatic rings. The largest absolute Gasteiger partial charge is 0.477 e. The Hall–Kier alpha value is -2.18. The summed E-state index contributed by atoms with van der Waals surface area (Å²) < 4.78 is 0. The van der Waals surface area contributed by atoms with Gasteiger partial charge in [0.05, 0.1) is 4.92 Å². The number of nitrogens with zero attached hydrogens (tertiary/aromatic N) is 3. The van der Waals surface area contributed by atoms with E-state index in [0.717, 1.165) is 19.3 Å². The molecule has 2 unspecified atom stereocenters. The van der Waals surface area contributed by atoms with Crippen LogP contribution < -0.4 is 4.90 Å². The van der Waals surface area contributed by atoms with Crippen molar-refractivity contribution in [2.24, 2.45) is 11.8 Å². The van der Waals surface area contributed by atoms with Crippen molar-refractivity contribution in [1.29, 1.82) is 0 Å². The number of carboxylic acid groups (broad SMARTS) is 1. The number of carbonyl (C=O) groups is 1. The number of nitro groups is 1. The zero-order valence-corrected chi connectivity index (χ0v) is 10.9. The maximum atomic E-state index is 11.1. The topological polar surface area (TPSA) is 96.6 Å². The molecule has 1 aliphatic carbocycles. The fourth-order valence-electron chi connectivity index (χ4n) is 3.35. The summed E-state index contributed by atoms with van der Waals surface area (Å²) in [5.74, 6) is 0.544. The van der Waals surface area contributed by atoms with Gasteiger partial charge in [-0.05, 0) is 24.7 Å². The molecule has 20 heavy (non-hydrogen) atoms. The number of hydrogen-bond donors (Lipinski definition) is 1. The average molecular weight is 277 g/mol. The van der Waals surface area contributed by atoms with Gasteiger partial charge < -0.3 is 10.0 Å². The van der Waals surface area contributed by atoms with Gasteiger partial charge >= 0.3 is 11.7 Å². The molecule has 1 N–H and O–H groups in total. The van der Waals surface area contributed by atoms with E-state index in [-0.39, 0.29) is 5.56 Å². The molecular formula is C13H15N3O4. The van der Waals surface area contributed by atoms with E-state index in [1.54, 1.807) is 0 Å². The Morgan fingerprint density at radius 1 is 1.40 bits per heavy atom. The number of aromatic carboxylic acids is 1. The first-order chi connectivity index (χ1) is 9.56. The van der Waals surface area contributed by atoms with Crippen LogP contribution in [0.1, 0.15) is 29.6 Å². The molecule has 1 saturated heterocycles. The van der Waals surface area contributed by atoms with Crippen molar-refractivity contribution >= 4 is 17.5 Å². The summed E-state index contributed by atoms with van der Waals surface area (Å²) in [5.41, 5.74) is -0.752. The van der Waals surface area contributed by atoms with Crippen molar-refractivity contribution in [3.8, 4) is 0 Å². The van der Waals surface area contributed by atoms with Crippen LogP contribution in [-0.4, -0.2) is 34.1 Å². The first-order valence-corrected chi connectivity index (χ1v) is 6.69. The average Bonchev–Trinajstić information content (AvgIpc) is 2.98. The molecule has 2 aliphatic rings. The van der Waals surface area contributed by atoms with Crippen LogP contribution in [0, 0.1) is 22.0 Å². The normalized spacial score (nSPS) is 24.7. The SMILES string of the molecule is O=C(O)c1cc(N2CC3CCCC3C2)ncc1[N+](=O)[O-].